The lowest BCUT2D eigenvalue weighted by atomic mass is 9.86. The van der Waals surface area contributed by atoms with E-state index < -0.39 is 130 Å². The monoisotopic (exact) mass is 645 g/mol. The smallest absolute Gasteiger partial charge is 0.187 e. The van der Waals surface area contributed by atoms with Gasteiger partial charge in [0.25, 0.3) is 0 Å². The number of hydrogen-bond donors (Lipinski definition) is 14. The topological polar surface area (TPSA) is 329 Å². The summed E-state index contributed by atoms with van der Waals surface area (Å²) in [5.41, 5.74) is 0.00900. The zero-order valence-electron chi connectivity index (χ0n) is 23.5. The maximum Gasteiger partial charge on any atom is 0.187 e. The summed E-state index contributed by atoms with van der Waals surface area (Å²) in [6, 6.07) is -2.21. The second-order valence-electron chi connectivity index (χ2n) is 11.0. The molecule has 0 radical (unpaired) electrons. The third-order valence-corrected chi connectivity index (χ3v) is 8.03. The van der Waals surface area contributed by atoms with Crippen LogP contribution in [0.5, 0.6) is 0 Å². The zero-order valence-corrected chi connectivity index (χ0v) is 23.5. The Morgan fingerprint density at radius 1 is 0.886 bits per heavy atom. The van der Waals surface area contributed by atoms with Crippen molar-refractivity contribution >= 4 is 6.29 Å². The third-order valence-electron chi connectivity index (χ3n) is 8.03. The molecule has 0 saturated carbocycles. The van der Waals surface area contributed by atoms with E-state index >= 15 is 0 Å². The molecule has 0 unspecified atom stereocenters. The molecule has 0 aromatic rings. The molecule has 19 heteroatoms. The standard InChI is InChI=1S/C25H43NO18/c1-7-13(26-9-2-8(3-27)14(33)18(37)15(9)34)17(36)20(39)24(41-7)44-23-12(6-30)42-25(21(40)19(23)38)43-22(11(32)5-29)16(35)10(31)4-28/h2,4,7,9-27,29-40H,3,5-6H2,1H3/t7-,9+,10+,11-,12-,13-,14-,15+,16-,17+,18-,19-,20-,21-,22-,23-,24-,25-/m1/s1. The van der Waals surface area contributed by atoms with E-state index in [1.165, 1.54) is 13.0 Å². The summed E-state index contributed by atoms with van der Waals surface area (Å²) in [4.78, 5) is 10.9. The van der Waals surface area contributed by atoms with E-state index in [9.17, 15) is 71.2 Å². The first-order valence-corrected chi connectivity index (χ1v) is 13.9. The van der Waals surface area contributed by atoms with E-state index in [1.807, 2.05) is 0 Å². The molecule has 19 nitrogen and oxygen atoms in total. The van der Waals surface area contributed by atoms with Crippen molar-refractivity contribution < 1.29 is 90.1 Å². The molecular formula is C25H43NO18. The van der Waals surface area contributed by atoms with E-state index in [-0.39, 0.29) is 11.9 Å². The second-order valence-corrected chi connectivity index (χ2v) is 11.0. The van der Waals surface area contributed by atoms with Crippen LogP contribution in [0.3, 0.4) is 0 Å². The number of aliphatic hydroxyl groups is 13. The number of aliphatic hydroxyl groups excluding tert-OH is 13. The van der Waals surface area contributed by atoms with Gasteiger partial charge in [0.1, 0.15) is 79.4 Å². The first-order chi connectivity index (χ1) is 20.7. The highest BCUT2D eigenvalue weighted by molar-refractivity contribution is 5.56. The van der Waals surface area contributed by atoms with E-state index in [0.29, 0.717) is 0 Å². The molecule has 0 spiro atoms. The van der Waals surface area contributed by atoms with E-state index in [4.69, 9.17) is 18.9 Å². The van der Waals surface area contributed by atoms with Crippen molar-refractivity contribution in [3.8, 4) is 0 Å². The predicted molar refractivity (Wildman–Crippen MR) is 139 cm³/mol. The normalized spacial score (nSPS) is 44.4. The van der Waals surface area contributed by atoms with Gasteiger partial charge in [-0.25, -0.2) is 0 Å². The average molecular weight is 646 g/mol. The van der Waals surface area contributed by atoms with Crippen LogP contribution in [-0.2, 0) is 23.7 Å². The summed E-state index contributed by atoms with van der Waals surface area (Å²) in [5.74, 6) is 0. The molecule has 0 amide bonds. The van der Waals surface area contributed by atoms with Crippen LogP contribution in [0.2, 0.25) is 0 Å². The Bertz CT molecular complexity index is 943. The quantitative estimate of drug-likeness (QED) is 0.0653. The van der Waals surface area contributed by atoms with Gasteiger partial charge in [-0.2, -0.15) is 0 Å². The zero-order chi connectivity index (χ0) is 33.0. The van der Waals surface area contributed by atoms with E-state index in [0.717, 1.165) is 0 Å². The van der Waals surface area contributed by atoms with Crippen molar-refractivity contribution in [1.82, 2.24) is 5.32 Å². The van der Waals surface area contributed by atoms with Gasteiger partial charge in [0, 0.05) is 0 Å². The lowest BCUT2D eigenvalue weighted by Crippen LogP contribution is -2.68. The van der Waals surface area contributed by atoms with Crippen molar-refractivity contribution in [2.45, 2.75) is 117 Å². The second kappa shape index (κ2) is 16.0. The summed E-state index contributed by atoms with van der Waals surface area (Å²) in [6.45, 7) is -1.08. The first-order valence-electron chi connectivity index (χ1n) is 13.9. The summed E-state index contributed by atoms with van der Waals surface area (Å²) in [6.07, 6.45) is -26.8. The molecule has 0 aromatic carbocycles. The molecule has 18 atom stereocenters. The van der Waals surface area contributed by atoms with Gasteiger partial charge in [-0.1, -0.05) is 6.08 Å². The molecule has 0 aromatic heterocycles. The average Bonchev–Trinajstić information content (AvgIpc) is 3.02. The van der Waals surface area contributed by atoms with E-state index in [1.54, 1.807) is 0 Å². The molecule has 14 N–H and O–H groups in total. The van der Waals surface area contributed by atoms with Crippen LogP contribution >= 0.6 is 0 Å². The van der Waals surface area contributed by atoms with Crippen LogP contribution in [0, 0.1) is 0 Å². The van der Waals surface area contributed by atoms with Gasteiger partial charge >= 0.3 is 0 Å². The van der Waals surface area contributed by atoms with Crippen LogP contribution in [-0.4, -0.2) is 203 Å². The summed E-state index contributed by atoms with van der Waals surface area (Å²) in [7, 11) is 0. The van der Waals surface area contributed by atoms with Gasteiger partial charge in [0.05, 0.1) is 38.0 Å². The Balaban J connectivity index is 1.71. The fourth-order valence-corrected chi connectivity index (χ4v) is 5.36. The van der Waals surface area contributed by atoms with Gasteiger partial charge in [-0.05, 0) is 12.5 Å². The molecule has 3 rings (SSSR count). The van der Waals surface area contributed by atoms with Crippen LogP contribution in [0.15, 0.2) is 11.6 Å². The van der Waals surface area contributed by atoms with Crippen LogP contribution in [0.25, 0.3) is 0 Å². The number of carbonyl (C=O) groups is 1. The predicted octanol–water partition coefficient (Wildman–Crippen LogP) is -8.72. The van der Waals surface area contributed by atoms with Gasteiger partial charge in [-0.3, -0.25) is 0 Å². The Morgan fingerprint density at radius 3 is 2.09 bits per heavy atom. The van der Waals surface area contributed by atoms with Gasteiger partial charge in [-0.15, -0.1) is 0 Å². The Morgan fingerprint density at radius 2 is 1.52 bits per heavy atom. The highest BCUT2D eigenvalue weighted by Gasteiger charge is 2.52. The van der Waals surface area contributed by atoms with Crippen molar-refractivity contribution in [2.24, 2.45) is 0 Å². The summed E-state index contributed by atoms with van der Waals surface area (Å²) < 4.78 is 22.0. The van der Waals surface area contributed by atoms with Crippen LogP contribution in [0.4, 0.5) is 0 Å². The van der Waals surface area contributed by atoms with Gasteiger partial charge in [0.15, 0.2) is 18.9 Å². The Hall–Kier alpha value is -1.31. The minimum Gasteiger partial charge on any atom is -0.394 e. The van der Waals surface area contributed by atoms with Crippen molar-refractivity contribution in [1.29, 1.82) is 0 Å². The molecule has 3 aliphatic rings. The van der Waals surface area contributed by atoms with Crippen molar-refractivity contribution in [2.75, 3.05) is 19.8 Å². The van der Waals surface area contributed by atoms with Gasteiger partial charge < -0.3 is 95.4 Å². The molecule has 1 aliphatic carbocycles. The highest BCUT2D eigenvalue weighted by Crippen LogP contribution is 2.31. The number of carbonyl (C=O) groups excluding carboxylic acids is 1. The molecule has 2 saturated heterocycles. The number of rotatable bonds is 13. The molecule has 2 heterocycles. The molecule has 44 heavy (non-hydrogen) atoms. The maximum atomic E-state index is 10.9. The summed E-state index contributed by atoms with van der Waals surface area (Å²) in [5, 5.41) is 135. The fraction of sp³-hybridized carbons (Fsp3) is 0.880. The molecule has 256 valence electrons. The number of nitrogens with one attached hydrogen (secondary N) is 1. The minimum absolute atomic E-state index is 0.00900. The van der Waals surface area contributed by atoms with Crippen LogP contribution < -0.4 is 5.32 Å². The molecule has 0 bridgehead atoms. The minimum atomic E-state index is -2.10. The first kappa shape index (κ1) is 37.2. The van der Waals surface area contributed by atoms with Gasteiger partial charge in [0.2, 0.25) is 0 Å². The van der Waals surface area contributed by atoms with Crippen molar-refractivity contribution in [3.05, 3.63) is 11.6 Å². The number of aldehydes is 1. The maximum absolute atomic E-state index is 10.9. The Labute approximate surface area is 250 Å². The molecular weight excluding hydrogens is 602 g/mol. The number of ether oxygens (including phenoxy) is 4. The fourth-order valence-electron chi connectivity index (χ4n) is 5.36. The molecule has 2 fully saturated rings. The lowest BCUT2D eigenvalue weighted by molar-refractivity contribution is -0.361. The third kappa shape index (κ3) is 7.79. The largest absolute Gasteiger partial charge is 0.394 e. The SMILES string of the molecule is C[C@H]1O[C@H](O[C@H]2[C@H](O)[C@@H](O)[C@@H](O[C@@H]([C@H](O)[C@@H](O)C=O)[C@H](O)CO)O[C@@H]2CO)[C@H](O)[C@@H](O)[C@@H]1N[C@H]1C=C(CO)[C@@H](O)[C@@H](O)[C@H]1O. The van der Waals surface area contributed by atoms with Crippen LogP contribution in [0.1, 0.15) is 6.92 Å². The summed E-state index contributed by atoms with van der Waals surface area (Å²) >= 11 is 0. The van der Waals surface area contributed by atoms with E-state index in [2.05, 4.69) is 5.32 Å². The molecule has 2 aliphatic heterocycles. The highest BCUT2D eigenvalue weighted by atomic mass is 16.7. The van der Waals surface area contributed by atoms with Crippen molar-refractivity contribution in [3.63, 3.8) is 0 Å². The lowest BCUT2D eigenvalue weighted by Gasteiger charge is -2.48. The Kier molecular flexibility index (Phi) is 13.5. The number of hydrogen-bond acceptors (Lipinski definition) is 19.